The molecule has 1 aromatic heterocycles. The van der Waals surface area contributed by atoms with Crippen molar-refractivity contribution < 1.29 is 23.1 Å². The van der Waals surface area contributed by atoms with E-state index in [9.17, 15) is 18.7 Å². The number of ketones is 1. The van der Waals surface area contributed by atoms with Gasteiger partial charge in [-0.3, -0.25) is 4.79 Å². The predicted octanol–water partition coefficient (Wildman–Crippen LogP) is 4.26. The molecule has 0 aliphatic rings. The molecule has 0 saturated carbocycles. The minimum atomic E-state index is -3.32. The second-order valence-electron chi connectivity index (χ2n) is 5.81. The van der Waals surface area contributed by atoms with Crippen molar-refractivity contribution in [3.8, 4) is 5.75 Å². The zero-order chi connectivity index (χ0) is 18.5. The van der Waals surface area contributed by atoms with Crippen molar-refractivity contribution in [2.75, 3.05) is 0 Å². The molecule has 25 heavy (non-hydrogen) atoms. The lowest BCUT2D eigenvalue weighted by molar-refractivity contribution is -0.00469. The van der Waals surface area contributed by atoms with E-state index < -0.39 is 17.5 Å². The van der Waals surface area contributed by atoms with Crippen LogP contribution in [0.25, 0.3) is 11.0 Å². The summed E-state index contributed by atoms with van der Waals surface area (Å²) in [5.41, 5.74) is 1.04. The highest BCUT2D eigenvalue weighted by atomic mass is 79.9. The van der Waals surface area contributed by atoms with Gasteiger partial charge in [0.15, 0.2) is 11.5 Å². The summed E-state index contributed by atoms with van der Waals surface area (Å²) in [7, 11) is 1.81. The minimum absolute atomic E-state index is 0.0785. The van der Waals surface area contributed by atoms with Gasteiger partial charge in [-0.15, -0.1) is 0 Å². The van der Waals surface area contributed by atoms with Gasteiger partial charge in [0.25, 0.3) is 0 Å². The Hall–Kier alpha value is -1.67. The molecule has 3 nitrogen and oxygen atoms in total. The lowest BCUT2D eigenvalue weighted by Crippen LogP contribution is -2.13. The van der Waals surface area contributed by atoms with Crippen LogP contribution in [-0.2, 0) is 5.92 Å². The average Bonchev–Trinajstić information content (AvgIpc) is 2.90. The van der Waals surface area contributed by atoms with E-state index in [1.54, 1.807) is 26.0 Å². The first-order valence-corrected chi connectivity index (χ1v) is 8.82. The molecule has 0 aliphatic carbocycles. The van der Waals surface area contributed by atoms with Crippen LogP contribution in [-0.4, -0.2) is 18.7 Å². The summed E-state index contributed by atoms with van der Waals surface area (Å²) < 4.78 is 34.0. The zero-order valence-corrected chi connectivity index (χ0v) is 16.3. The number of hydrogen-bond donors (Lipinski definition) is 1. The number of hydrogen-bond acceptors (Lipinski definition) is 3. The molecule has 1 heterocycles. The van der Waals surface area contributed by atoms with Gasteiger partial charge in [0, 0.05) is 17.9 Å². The molecular formula is C17H11BBr2F2O3. The fourth-order valence-electron chi connectivity index (χ4n) is 2.58. The van der Waals surface area contributed by atoms with Gasteiger partial charge in [0.2, 0.25) is 0 Å². The Bertz CT molecular complexity index is 986. The number of phenolic OH excluding ortho intramolecular Hbond substituents is 1. The number of carbonyl (C=O) groups excluding carboxylic acids is 1. The Balaban J connectivity index is 2.28. The molecule has 128 valence electrons. The van der Waals surface area contributed by atoms with Gasteiger partial charge in [0.05, 0.1) is 14.5 Å². The van der Waals surface area contributed by atoms with Crippen LogP contribution in [0.15, 0.2) is 43.7 Å². The number of alkyl halides is 2. The lowest BCUT2D eigenvalue weighted by Gasteiger charge is -2.10. The lowest BCUT2D eigenvalue weighted by atomic mass is 9.93. The Morgan fingerprint density at radius 2 is 1.80 bits per heavy atom. The van der Waals surface area contributed by atoms with E-state index in [-0.39, 0.29) is 31.4 Å². The van der Waals surface area contributed by atoms with Crippen molar-refractivity contribution in [3.05, 3.63) is 56.2 Å². The quantitative estimate of drug-likeness (QED) is 0.458. The molecule has 0 radical (unpaired) electrons. The molecule has 1 N–H and O–H groups in total. The Morgan fingerprint density at radius 1 is 1.20 bits per heavy atom. The summed E-state index contributed by atoms with van der Waals surface area (Å²) in [4.78, 5) is 13.0. The molecule has 3 aromatic rings. The van der Waals surface area contributed by atoms with Gasteiger partial charge in [-0.25, -0.2) is 0 Å². The molecule has 0 spiro atoms. The number of carbonyl (C=O) groups is 1. The van der Waals surface area contributed by atoms with Crippen LogP contribution < -0.4 is 5.46 Å². The summed E-state index contributed by atoms with van der Waals surface area (Å²) >= 11 is 6.28. The van der Waals surface area contributed by atoms with Crippen molar-refractivity contribution in [1.29, 1.82) is 0 Å². The van der Waals surface area contributed by atoms with Gasteiger partial charge in [0.1, 0.15) is 19.2 Å². The third-order valence-electron chi connectivity index (χ3n) is 3.75. The van der Waals surface area contributed by atoms with Crippen molar-refractivity contribution in [1.82, 2.24) is 0 Å². The van der Waals surface area contributed by atoms with Crippen LogP contribution in [0, 0.1) is 0 Å². The number of rotatable bonds is 3. The van der Waals surface area contributed by atoms with E-state index in [4.69, 9.17) is 4.42 Å². The Morgan fingerprint density at radius 3 is 2.36 bits per heavy atom. The predicted molar refractivity (Wildman–Crippen MR) is 101 cm³/mol. The first-order valence-electron chi connectivity index (χ1n) is 7.23. The van der Waals surface area contributed by atoms with E-state index in [2.05, 4.69) is 31.9 Å². The molecule has 8 heteroatoms. The SMILES string of the molecule is Bc1ccc2c(C(=O)c3cc(Br)c(O)c(Br)c3)c(C(C)(F)F)oc2c1. The summed E-state index contributed by atoms with van der Waals surface area (Å²) in [6, 6.07) is 7.71. The summed E-state index contributed by atoms with van der Waals surface area (Å²) in [6.45, 7) is 0.691. The van der Waals surface area contributed by atoms with Crippen molar-refractivity contribution in [2.45, 2.75) is 12.8 Å². The fraction of sp³-hybridized carbons (Fsp3) is 0.118. The molecule has 0 atom stereocenters. The molecule has 0 unspecified atom stereocenters. The number of phenols is 1. The molecule has 0 bridgehead atoms. The first kappa shape index (κ1) is 18.1. The van der Waals surface area contributed by atoms with E-state index in [0.717, 1.165) is 5.46 Å². The maximum Gasteiger partial charge on any atom is 0.302 e. The van der Waals surface area contributed by atoms with E-state index in [1.165, 1.54) is 12.1 Å². The second-order valence-corrected chi connectivity index (χ2v) is 7.52. The molecule has 0 saturated heterocycles. The van der Waals surface area contributed by atoms with Crippen LogP contribution >= 0.6 is 31.9 Å². The third kappa shape index (κ3) is 3.25. The molecule has 2 aromatic carbocycles. The molecular weight excluding hydrogens is 461 g/mol. The summed E-state index contributed by atoms with van der Waals surface area (Å²) in [5.74, 6) is -4.67. The largest absolute Gasteiger partial charge is 0.506 e. The third-order valence-corrected chi connectivity index (χ3v) is 4.96. The van der Waals surface area contributed by atoms with Gasteiger partial charge in [-0.2, -0.15) is 8.78 Å². The summed E-state index contributed by atoms with van der Waals surface area (Å²) in [6.07, 6.45) is 0. The van der Waals surface area contributed by atoms with Crippen LogP contribution in [0.3, 0.4) is 0 Å². The molecule has 0 amide bonds. The minimum Gasteiger partial charge on any atom is -0.506 e. The monoisotopic (exact) mass is 470 g/mol. The van der Waals surface area contributed by atoms with Gasteiger partial charge < -0.3 is 9.52 Å². The van der Waals surface area contributed by atoms with Gasteiger partial charge in [-0.1, -0.05) is 17.6 Å². The van der Waals surface area contributed by atoms with Crippen molar-refractivity contribution in [3.63, 3.8) is 0 Å². The Kier molecular flexibility index (Phi) is 4.53. The standard InChI is InChI=1S/C17H11BBr2F2O3/c1-17(21,22)16-13(9-3-2-8(18)6-12(9)25-16)14(23)7-4-10(19)15(24)11(20)5-7/h2-6,24H,18H2,1H3. The highest BCUT2D eigenvalue weighted by Crippen LogP contribution is 2.39. The summed E-state index contributed by atoms with van der Waals surface area (Å²) in [5, 5.41) is 10.1. The van der Waals surface area contributed by atoms with E-state index >= 15 is 0 Å². The first-order chi connectivity index (χ1) is 11.6. The van der Waals surface area contributed by atoms with Crippen molar-refractivity contribution in [2.24, 2.45) is 0 Å². The number of benzene rings is 2. The normalized spacial score (nSPS) is 11.9. The molecule has 0 aliphatic heterocycles. The fourth-order valence-corrected chi connectivity index (χ4v) is 3.77. The van der Waals surface area contributed by atoms with E-state index in [1.807, 2.05) is 0 Å². The van der Waals surface area contributed by atoms with Gasteiger partial charge >= 0.3 is 5.92 Å². The van der Waals surface area contributed by atoms with Gasteiger partial charge in [-0.05, 0) is 50.1 Å². The maximum atomic E-state index is 14.0. The van der Waals surface area contributed by atoms with Crippen LogP contribution in [0.2, 0.25) is 0 Å². The van der Waals surface area contributed by atoms with Crippen LogP contribution in [0.5, 0.6) is 5.75 Å². The molecule has 3 rings (SSSR count). The highest BCUT2D eigenvalue weighted by molar-refractivity contribution is 9.11. The van der Waals surface area contributed by atoms with Crippen LogP contribution in [0.1, 0.15) is 28.6 Å². The second kappa shape index (κ2) is 6.25. The molecule has 0 fully saturated rings. The number of aromatic hydroxyl groups is 1. The maximum absolute atomic E-state index is 14.0. The smallest absolute Gasteiger partial charge is 0.302 e. The van der Waals surface area contributed by atoms with Crippen molar-refractivity contribution >= 4 is 61.9 Å². The topological polar surface area (TPSA) is 50.4 Å². The number of fused-ring (bicyclic) bond motifs is 1. The highest BCUT2D eigenvalue weighted by Gasteiger charge is 2.36. The number of halogens is 4. The van der Waals surface area contributed by atoms with Crippen LogP contribution in [0.4, 0.5) is 8.78 Å². The average molecular weight is 472 g/mol. The van der Waals surface area contributed by atoms with E-state index in [0.29, 0.717) is 12.3 Å². The zero-order valence-electron chi connectivity index (χ0n) is 13.2. The number of furan rings is 1. The Labute approximate surface area is 159 Å².